The Bertz CT molecular complexity index is 2050. The van der Waals surface area contributed by atoms with Crippen LogP contribution in [0.2, 0.25) is 5.02 Å². The lowest BCUT2D eigenvalue weighted by atomic mass is 9.93. The van der Waals surface area contributed by atoms with E-state index in [0.717, 1.165) is 11.3 Å². The number of carbonyl (C=O) groups is 1. The molecule has 8 nitrogen and oxygen atoms in total. The Balaban J connectivity index is 1.52. The maximum Gasteiger partial charge on any atom is 0.338 e. The van der Waals surface area contributed by atoms with Gasteiger partial charge in [-0.3, -0.25) is 9.36 Å². The lowest BCUT2D eigenvalue weighted by Crippen LogP contribution is -2.40. The molecule has 3 aromatic heterocycles. The second-order valence-electron chi connectivity index (χ2n) is 9.35. The molecule has 0 N–H and O–H groups in total. The van der Waals surface area contributed by atoms with Gasteiger partial charge in [0.2, 0.25) is 0 Å². The van der Waals surface area contributed by atoms with Crippen LogP contribution < -0.4 is 14.9 Å². The topological polar surface area (TPSA) is 99.6 Å². The van der Waals surface area contributed by atoms with Gasteiger partial charge in [0.15, 0.2) is 15.1 Å². The number of thiazole rings is 1. The van der Waals surface area contributed by atoms with Gasteiger partial charge in [0.25, 0.3) is 5.56 Å². The van der Waals surface area contributed by atoms with Crippen LogP contribution in [0.5, 0.6) is 0 Å². The highest BCUT2D eigenvalue weighted by Crippen LogP contribution is 2.36. The molecule has 0 fully saturated rings. The normalized spacial score (nSPS) is 14.9. The third-order valence-corrected chi connectivity index (χ3v) is 9.42. The molecule has 4 heterocycles. The molecule has 0 aliphatic carbocycles. The van der Waals surface area contributed by atoms with E-state index in [9.17, 15) is 9.59 Å². The summed E-state index contributed by atoms with van der Waals surface area (Å²) in [7, 11) is 0. The first kappa shape index (κ1) is 29.3. The molecule has 0 unspecified atom stereocenters. The van der Waals surface area contributed by atoms with Crippen molar-refractivity contribution in [3.8, 4) is 0 Å². The number of hydrogen-bond acceptors (Lipinski definition) is 9. The molecule has 12 heteroatoms. The molecule has 0 saturated heterocycles. The summed E-state index contributed by atoms with van der Waals surface area (Å²) in [6.07, 6.45) is 3.36. The molecule has 216 valence electrons. The molecule has 1 atom stereocenters. The molecular formula is C31H22BrClN4O4S2. The number of halogens is 2. The number of ether oxygens (including phenoxy) is 1. The highest BCUT2D eigenvalue weighted by atomic mass is 79.9. The minimum absolute atomic E-state index is 0.170. The third-order valence-electron chi connectivity index (χ3n) is 6.46. The largest absolute Gasteiger partial charge is 0.463 e. The van der Waals surface area contributed by atoms with Crippen LogP contribution >= 0.6 is 50.6 Å². The number of hydrogen-bond donors (Lipinski definition) is 0. The second-order valence-corrected chi connectivity index (χ2v) is 12.6. The summed E-state index contributed by atoms with van der Waals surface area (Å²) in [4.78, 5) is 41.6. The van der Waals surface area contributed by atoms with Gasteiger partial charge in [-0.05, 0) is 71.4 Å². The molecule has 2 aromatic carbocycles. The fourth-order valence-electron chi connectivity index (χ4n) is 4.60. The van der Waals surface area contributed by atoms with Crippen LogP contribution in [0.15, 0.2) is 107 Å². The van der Waals surface area contributed by atoms with E-state index in [1.807, 2.05) is 43.3 Å². The van der Waals surface area contributed by atoms with Gasteiger partial charge in [0, 0.05) is 28.6 Å². The lowest BCUT2D eigenvalue weighted by molar-refractivity contribution is -0.138. The van der Waals surface area contributed by atoms with E-state index in [0.29, 0.717) is 46.1 Å². The molecule has 0 spiro atoms. The zero-order chi connectivity index (χ0) is 30.1. The van der Waals surface area contributed by atoms with Crippen LogP contribution in [0.4, 0.5) is 0 Å². The van der Waals surface area contributed by atoms with Crippen LogP contribution in [0.1, 0.15) is 35.5 Å². The number of rotatable bonds is 7. The Morgan fingerprint density at radius 3 is 2.67 bits per heavy atom. The first-order chi connectivity index (χ1) is 20.8. The Morgan fingerprint density at radius 2 is 1.95 bits per heavy atom. The van der Waals surface area contributed by atoms with Crippen molar-refractivity contribution in [2.45, 2.75) is 30.1 Å². The van der Waals surface area contributed by atoms with Crippen molar-refractivity contribution in [2.75, 3.05) is 6.61 Å². The summed E-state index contributed by atoms with van der Waals surface area (Å²) < 4.78 is 14.2. The van der Waals surface area contributed by atoms with Crippen molar-refractivity contribution in [3.63, 3.8) is 0 Å². The van der Waals surface area contributed by atoms with Gasteiger partial charge in [0.1, 0.15) is 5.76 Å². The average Bonchev–Trinajstić information content (AvgIpc) is 3.50. The standard InChI is InChI=1S/C31H22BrClN4O4S2/c1-3-40-28(39)24-25(18-7-5-4-6-8-18)36-31-37(26(24)19-9-11-20(33)12-10-19)27(38)23(42-31)16-21-15-22(32)29(41-21)43-30-34-14-13-17(2)35-30/h4-16,26H,3H2,1-2H3/b23-16+/t26-/m1/s1. The highest BCUT2D eigenvalue weighted by molar-refractivity contribution is 9.10. The van der Waals surface area contributed by atoms with Gasteiger partial charge < -0.3 is 9.15 Å². The van der Waals surface area contributed by atoms with Gasteiger partial charge in [-0.1, -0.05) is 65.4 Å². The quantitative estimate of drug-likeness (QED) is 0.148. The van der Waals surface area contributed by atoms with E-state index in [-0.39, 0.29) is 17.7 Å². The van der Waals surface area contributed by atoms with Crippen molar-refractivity contribution in [1.29, 1.82) is 0 Å². The third kappa shape index (κ3) is 6.03. The highest BCUT2D eigenvalue weighted by Gasteiger charge is 2.35. The summed E-state index contributed by atoms with van der Waals surface area (Å²) in [5, 5.41) is 1.64. The monoisotopic (exact) mass is 692 g/mol. The SMILES string of the molecule is CCOC(=O)C1=C(c2ccccc2)N=c2s/c(=C/c3cc(Br)c(Sc4nccc(C)n4)o3)c(=O)n2[C@@H]1c1ccc(Cl)cc1. The van der Waals surface area contributed by atoms with Crippen molar-refractivity contribution in [3.05, 3.63) is 130 Å². The van der Waals surface area contributed by atoms with Crippen LogP contribution in [-0.4, -0.2) is 27.1 Å². The molecule has 0 saturated carbocycles. The first-order valence-corrected chi connectivity index (χ1v) is 15.9. The molecule has 1 aliphatic rings. The average molecular weight is 694 g/mol. The molecule has 0 amide bonds. The predicted molar refractivity (Wildman–Crippen MR) is 170 cm³/mol. The Hall–Kier alpha value is -3.77. The van der Waals surface area contributed by atoms with Gasteiger partial charge in [-0.15, -0.1) is 0 Å². The number of benzene rings is 2. The fourth-order valence-corrected chi connectivity index (χ4v) is 7.02. The van der Waals surface area contributed by atoms with Gasteiger partial charge in [-0.25, -0.2) is 19.8 Å². The first-order valence-electron chi connectivity index (χ1n) is 13.1. The minimum Gasteiger partial charge on any atom is -0.463 e. The molecule has 43 heavy (non-hydrogen) atoms. The number of furan rings is 1. The van der Waals surface area contributed by atoms with E-state index in [1.165, 1.54) is 27.7 Å². The van der Waals surface area contributed by atoms with Crippen molar-refractivity contribution in [1.82, 2.24) is 14.5 Å². The van der Waals surface area contributed by atoms with Crippen LogP contribution in [0, 0.1) is 6.92 Å². The van der Waals surface area contributed by atoms with Crippen molar-refractivity contribution in [2.24, 2.45) is 4.99 Å². The minimum atomic E-state index is -0.794. The van der Waals surface area contributed by atoms with Crippen molar-refractivity contribution < 1.29 is 13.9 Å². The number of aryl methyl sites for hydroxylation is 1. The van der Waals surface area contributed by atoms with Crippen LogP contribution in [0.3, 0.4) is 0 Å². The van der Waals surface area contributed by atoms with E-state index in [4.69, 9.17) is 25.7 Å². The maximum absolute atomic E-state index is 14.1. The van der Waals surface area contributed by atoms with Crippen LogP contribution in [-0.2, 0) is 9.53 Å². The summed E-state index contributed by atoms with van der Waals surface area (Å²) in [6.45, 7) is 3.80. The van der Waals surface area contributed by atoms with Gasteiger partial charge in [0.05, 0.1) is 32.9 Å². The van der Waals surface area contributed by atoms with E-state index >= 15 is 0 Å². The Labute approximate surface area is 267 Å². The Morgan fingerprint density at radius 1 is 1.19 bits per heavy atom. The van der Waals surface area contributed by atoms with Gasteiger partial charge in [-0.2, -0.15) is 0 Å². The summed E-state index contributed by atoms with van der Waals surface area (Å²) in [5.41, 5.74) is 2.67. The number of aromatic nitrogens is 3. The second kappa shape index (κ2) is 12.5. The van der Waals surface area contributed by atoms with E-state index in [2.05, 4.69) is 25.9 Å². The molecule has 1 aliphatic heterocycles. The zero-order valence-corrected chi connectivity index (χ0v) is 26.8. The Kier molecular flexibility index (Phi) is 8.49. The summed E-state index contributed by atoms with van der Waals surface area (Å²) in [5.74, 6) is -0.0856. The van der Waals surface area contributed by atoms with Crippen LogP contribution in [0.25, 0.3) is 11.8 Å². The predicted octanol–water partition coefficient (Wildman–Crippen LogP) is 6.19. The molecule has 0 radical (unpaired) electrons. The number of carbonyl (C=O) groups excluding carboxylic acids is 1. The van der Waals surface area contributed by atoms with Crippen molar-refractivity contribution >= 4 is 68.4 Å². The van der Waals surface area contributed by atoms with E-state index in [1.54, 1.807) is 49.5 Å². The zero-order valence-electron chi connectivity index (χ0n) is 22.8. The summed E-state index contributed by atoms with van der Waals surface area (Å²) in [6, 6.07) is 19.3. The molecule has 0 bridgehead atoms. The van der Waals surface area contributed by atoms with E-state index < -0.39 is 12.0 Å². The smallest absolute Gasteiger partial charge is 0.338 e. The number of nitrogens with zero attached hydrogens (tertiary/aromatic N) is 4. The number of esters is 1. The number of fused-ring (bicyclic) bond motifs is 1. The molecule has 6 rings (SSSR count). The van der Waals surface area contributed by atoms with Gasteiger partial charge >= 0.3 is 5.97 Å². The summed E-state index contributed by atoms with van der Waals surface area (Å²) >= 11 is 12.2. The molecule has 5 aromatic rings. The fraction of sp³-hybridized carbons (Fsp3) is 0.129. The lowest BCUT2D eigenvalue weighted by Gasteiger charge is -2.25. The maximum atomic E-state index is 14.1. The molecular weight excluding hydrogens is 672 g/mol.